The second-order valence-electron chi connectivity index (χ2n) is 11.4. The maximum absolute atomic E-state index is 15.9. The molecule has 0 unspecified atom stereocenters. The zero-order chi connectivity index (χ0) is 29.3. The molecule has 0 amide bonds. The minimum absolute atomic E-state index is 0.0185. The minimum atomic E-state index is -3.37. The van der Waals surface area contributed by atoms with Crippen LogP contribution in [-0.4, -0.2) is 51.7 Å². The van der Waals surface area contributed by atoms with E-state index in [0.29, 0.717) is 17.6 Å². The number of likely N-dealkylation sites (N-methyl/N-ethyl adjacent to an activating group) is 2. The van der Waals surface area contributed by atoms with E-state index in [1.165, 1.54) is 30.4 Å². The predicted octanol–water partition coefficient (Wildman–Crippen LogP) is 4.32. The fourth-order valence-corrected chi connectivity index (χ4v) is 10.2. The first kappa shape index (κ1) is 26.5. The quantitative estimate of drug-likeness (QED) is 0.246. The van der Waals surface area contributed by atoms with Crippen molar-refractivity contribution in [3.8, 4) is 5.75 Å². The smallest absolute Gasteiger partial charge is 0.335 e. The molecule has 0 radical (unpaired) electrons. The standard InChI is InChI=1S/C34H31N2O5P/c1-35-11-9-20-14-25-30(17-27(20)35)42(40,24-7-5-4-6-8-24)31-18-28-21(10-12-36(28)2)15-26(31)33(25)32-23(19-37)13-22(34(38)39)16-29(32)41-3/h4-8,13-19,33H,9-12H2,1-3H3,(H,38,39). The number of hydrogen-bond donors (Lipinski definition) is 1. The van der Waals surface area contributed by atoms with E-state index >= 15 is 4.57 Å². The highest BCUT2D eigenvalue weighted by Gasteiger charge is 2.45. The van der Waals surface area contributed by atoms with Gasteiger partial charge in [-0.3, -0.25) is 4.79 Å². The third-order valence-electron chi connectivity index (χ3n) is 9.19. The average molecular weight is 579 g/mol. The lowest BCUT2D eigenvalue weighted by Crippen LogP contribution is -2.37. The molecule has 0 fully saturated rings. The van der Waals surface area contributed by atoms with Gasteiger partial charge in [-0.15, -0.1) is 0 Å². The molecule has 4 aromatic rings. The van der Waals surface area contributed by atoms with Gasteiger partial charge in [-0.2, -0.15) is 0 Å². The fourth-order valence-electron chi connectivity index (χ4n) is 7.09. The summed E-state index contributed by atoms with van der Waals surface area (Å²) in [5.74, 6) is -1.29. The fraction of sp³-hybridized carbons (Fsp3) is 0.235. The molecule has 8 heteroatoms. The van der Waals surface area contributed by atoms with Crippen molar-refractivity contribution >= 4 is 46.7 Å². The maximum Gasteiger partial charge on any atom is 0.335 e. The van der Waals surface area contributed by atoms with E-state index in [1.807, 2.05) is 30.3 Å². The number of carboxylic acids is 1. The van der Waals surface area contributed by atoms with E-state index in [2.05, 4.69) is 48.2 Å². The molecular weight excluding hydrogens is 547 g/mol. The number of aldehydes is 1. The van der Waals surface area contributed by atoms with Crippen molar-refractivity contribution in [2.24, 2.45) is 0 Å². The summed E-state index contributed by atoms with van der Waals surface area (Å²) in [6, 6.07) is 21.1. The van der Waals surface area contributed by atoms with Crippen LogP contribution in [-0.2, 0) is 17.4 Å². The van der Waals surface area contributed by atoms with Crippen molar-refractivity contribution in [1.29, 1.82) is 0 Å². The van der Waals surface area contributed by atoms with Crippen LogP contribution >= 0.6 is 7.14 Å². The summed E-state index contributed by atoms with van der Waals surface area (Å²) in [5, 5.41) is 12.0. The summed E-state index contributed by atoms with van der Waals surface area (Å²) >= 11 is 0. The van der Waals surface area contributed by atoms with Crippen molar-refractivity contribution in [2.75, 3.05) is 44.1 Å². The maximum atomic E-state index is 15.9. The molecule has 0 aromatic heterocycles. The molecule has 7 nitrogen and oxygen atoms in total. The molecule has 3 heterocycles. The summed E-state index contributed by atoms with van der Waals surface area (Å²) in [6.45, 7) is 1.72. The second kappa shape index (κ2) is 9.60. The van der Waals surface area contributed by atoms with Crippen molar-refractivity contribution < 1.29 is 24.0 Å². The van der Waals surface area contributed by atoms with Gasteiger partial charge in [0.15, 0.2) is 13.4 Å². The predicted molar refractivity (Wildman–Crippen MR) is 166 cm³/mol. The monoisotopic (exact) mass is 578 g/mol. The third kappa shape index (κ3) is 3.69. The van der Waals surface area contributed by atoms with Crippen LogP contribution in [0, 0.1) is 0 Å². The molecule has 212 valence electrons. The number of ether oxygens (including phenoxy) is 1. The van der Waals surface area contributed by atoms with E-state index in [0.717, 1.165) is 64.3 Å². The number of benzene rings is 4. The molecule has 0 saturated carbocycles. The molecule has 0 spiro atoms. The first-order valence-electron chi connectivity index (χ1n) is 14.1. The van der Waals surface area contributed by atoms with E-state index < -0.39 is 19.0 Å². The number of carbonyl (C=O) groups is 2. The van der Waals surface area contributed by atoms with Gasteiger partial charge in [0.2, 0.25) is 0 Å². The molecule has 7 rings (SSSR count). The van der Waals surface area contributed by atoms with Gasteiger partial charge in [-0.25, -0.2) is 4.79 Å². The highest BCUT2D eigenvalue weighted by molar-refractivity contribution is 7.85. The summed E-state index contributed by atoms with van der Waals surface area (Å²) < 4.78 is 21.7. The van der Waals surface area contributed by atoms with Crippen molar-refractivity contribution in [3.05, 3.63) is 106 Å². The first-order chi connectivity index (χ1) is 20.3. The van der Waals surface area contributed by atoms with Crippen LogP contribution in [0.4, 0.5) is 11.4 Å². The Balaban J connectivity index is 1.64. The van der Waals surface area contributed by atoms with Gasteiger partial charge in [0.25, 0.3) is 0 Å². The number of rotatable bonds is 5. The lowest BCUT2D eigenvalue weighted by molar-refractivity contribution is 0.0696. The van der Waals surface area contributed by atoms with Crippen molar-refractivity contribution in [2.45, 2.75) is 18.8 Å². The molecular formula is C34H31N2O5P. The summed E-state index contributed by atoms with van der Waals surface area (Å²) in [7, 11) is 2.23. The number of anilines is 2. The number of hydrogen-bond acceptors (Lipinski definition) is 6. The molecule has 42 heavy (non-hydrogen) atoms. The van der Waals surface area contributed by atoms with Crippen LogP contribution < -0.4 is 30.5 Å². The first-order valence-corrected chi connectivity index (χ1v) is 15.8. The zero-order valence-electron chi connectivity index (χ0n) is 23.8. The van der Waals surface area contributed by atoms with Crippen LogP contribution in [0.3, 0.4) is 0 Å². The zero-order valence-corrected chi connectivity index (χ0v) is 24.7. The lowest BCUT2D eigenvalue weighted by Gasteiger charge is -2.37. The number of methoxy groups -OCH3 is 1. The Hall–Kier alpha value is -4.35. The summed E-state index contributed by atoms with van der Waals surface area (Å²) in [6.07, 6.45) is 2.43. The SMILES string of the molecule is COc1cc(C(=O)O)cc(C=O)c1C1c2cc3c(cc2P(=O)(c2ccccc2)c2cc4c(cc21)CCN4C)N(C)CC3. The molecule has 1 N–H and O–H groups in total. The van der Waals surface area contributed by atoms with Crippen LogP contribution in [0.15, 0.2) is 66.7 Å². The van der Waals surface area contributed by atoms with Gasteiger partial charge in [-0.05, 0) is 59.4 Å². The van der Waals surface area contributed by atoms with Gasteiger partial charge < -0.3 is 24.2 Å². The normalized spacial score (nSPS) is 20.0. The Bertz CT molecular complexity index is 1780. The molecule has 0 atom stereocenters. The van der Waals surface area contributed by atoms with E-state index in [-0.39, 0.29) is 11.1 Å². The number of carboxylic acid groups (broad SMARTS) is 1. The number of fused-ring (bicyclic) bond motifs is 4. The van der Waals surface area contributed by atoms with Gasteiger partial charge in [0.1, 0.15) is 5.75 Å². The molecule has 0 bridgehead atoms. The molecule has 3 aliphatic rings. The lowest BCUT2D eigenvalue weighted by atomic mass is 9.80. The Morgan fingerprint density at radius 1 is 0.905 bits per heavy atom. The minimum Gasteiger partial charge on any atom is -0.496 e. The largest absolute Gasteiger partial charge is 0.496 e. The van der Waals surface area contributed by atoms with Crippen LogP contribution in [0.2, 0.25) is 0 Å². The van der Waals surface area contributed by atoms with Gasteiger partial charge in [0, 0.05) is 71.5 Å². The number of nitrogens with zero attached hydrogens (tertiary/aromatic N) is 2. The molecule has 3 aliphatic heterocycles. The van der Waals surface area contributed by atoms with Gasteiger partial charge >= 0.3 is 5.97 Å². The Kier molecular flexibility index (Phi) is 6.07. The van der Waals surface area contributed by atoms with Crippen LogP contribution in [0.25, 0.3) is 0 Å². The molecule has 0 saturated heterocycles. The number of aromatic carboxylic acids is 1. The highest BCUT2D eigenvalue weighted by Crippen LogP contribution is 2.56. The Labute approximate surface area is 244 Å². The number of carbonyl (C=O) groups excluding carboxylic acids is 1. The van der Waals surface area contributed by atoms with Crippen molar-refractivity contribution in [3.63, 3.8) is 0 Å². The Morgan fingerprint density at radius 3 is 1.98 bits per heavy atom. The van der Waals surface area contributed by atoms with E-state index in [9.17, 15) is 14.7 Å². The second-order valence-corrected chi connectivity index (χ2v) is 14.1. The van der Waals surface area contributed by atoms with Crippen LogP contribution in [0.1, 0.15) is 54.5 Å². The van der Waals surface area contributed by atoms with E-state index in [1.54, 1.807) is 0 Å². The average Bonchev–Trinajstić information content (AvgIpc) is 3.56. The van der Waals surface area contributed by atoms with Gasteiger partial charge in [-0.1, -0.05) is 42.5 Å². The van der Waals surface area contributed by atoms with Gasteiger partial charge in [0.05, 0.1) is 12.7 Å². The Morgan fingerprint density at radius 2 is 1.48 bits per heavy atom. The topological polar surface area (TPSA) is 87.1 Å². The van der Waals surface area contributed by atoms with Crippen LogP contribution in [0.5, 0.6) is 5.75 Å². The summed E-state index contributed by atoms with van der Waals surface area (Å²) in [5.41, 5.74) is 7.03. The molecule has 4 aromatic carbocycles. The summed E-state index contributed by atoms with van der Waals surface area (Å²) in [4.78, 5) is 29.0. The third-order valence-corrected chi connectivity index (χ3v) is 12.3. The highest BCUT2D eigenvalue weighted by atomic mass is 31.2. The van der Waals surface area contributed by atoms with E-state index in [4.69, 9.17) is 4.74 Å². The van der Waals surface area contributed by atoms with Crippen molar-refractivity contribution in [1.82, 2.24) is 0 Å². The molecule has 0 aliphatic carbocycles.